The number of thiophene rings is 1. The first-order valence-corrected chi connectivity index (χ1v) is 10.1. The first-order chi connectivity index (χ1) is 13.6. The summed E-state index contributed by atoms with van der Waals surface area (Å²) in [6, 6.07) is 6.12. The number of nitrogens with one attached hydrogen (secondary N) is 1. The van der Waals surface area contributed by atoms with Gasteiger partial charge < -0.3 is 5.32 Å². The predicted molar refractivity (Wildman–Crippen MR) is 110 cm³/mol. The van der Waals surface area contributed by atoms with E-state index >= 15 is 0 Å². The van der Waals surface area contributed by atoms with Gasteiger partial charge in [-0.1, -0.05) is 6.07 Å². The fourth-order valence-corrected chi connectivity index (χ4v) is 4.04. The number of hydrogen-bond acceptors (Lipinski definition) is 5. The molecule has 4 aromatic heterocycles. The van der Waals surface area contributed by atoms with Crippen LogP contribution in [0.15, 0.2) is 42.2 Å². The van der Waals surface area contributed by atoms with Gasteiger partial charge >= 0.3 is 0 Å². The molecule has 0 atom stereocenters. The normalized spacial score (nSPS) is 11.2. The van der Waals surface area contributed by atoms with Crippen molar-refractivity contribution in [2.45, 2.75) is 33.4 Å². The van der Waals surface area contributed by atoms with Crippen molar-refractivity contribution in [3.63, 3.8) is 0 Å². The molecule has 1 amide bonds. The number of aromatic nitrogens is 5. The van der Waals surface area contributed by atoms with Gasteiger partial charge in [0.25, 0.3) is 0 Å². The van der Waals surface area contributed by atoms with Crippen molar-refractivity contribution in [2.24, 2.45) is 0 Å². The maximum absolute atomic E-state index is 12.4. The third kappa shape index (κ3) is 3.82. The van der Waals surface area contributed by atoms with E-state index in [1.165, 1.54) is 4.88 Å². The van der Waals surface area contributed by atoms with Crippen LogP contribution in [0, 0.1) is 13.8 Å². The Kier molecular flexibility index (Phi) is 5.21. The van der Waals surface area contributed by atoms with Gasteiger partial charge in [0.15, 0.2) is 5.65 Å². The summed E-state index contributed by atoms with van der Waals surface area (Å²) in [5, 5.41) is 14.8. The molecule has 8 heteroatoms. The lowest BCUT2D eigenvalue weighted by atomic mass is 10.1. The zero-order valence-electron chi connectivity index (χ0n) is 15.9. The Bertz CT molecular complexity index is 1100. The van der Waals surface area contributed by atoms with Gasteiger partial charge in [-0.3, -0.25) is 9.48 Å². The van der Waals surface area contributed by atoms with E-state index in [1.807, 2.05) is 43.1 Å². The molecule has 0 aliphatic heterocycles. The summed E-state index contributed by atoms with van der Waals surface area (Å²) in [4.78, 5) is 18.0. The SMILES string of the molecule is Cc1cnn(CCCNC(=O)Cn2nc(C)c3c(-c4cccs4)ccnc32)c1. The Hall–Kier alpha value is -3.00. The summed E-state index contributed by atoms with van der Waals surface area (Å²) in [5.41, 5.74) is 3.87. The molecule has 4 heterocycles. The third-order valence-electron chi connectivity index (χ3n) is 4.54. The van der Waals surface area contributed by atoms with Crippen LogP contribution in [-0.4, -0.2) is 37.0 Å². The number of hydrogen-bond donors (Lipinski definition) is 1. The number of carbonyl (C=O) groups excluding carboxylic acids is 1. The number of pyridine rings is 1. The van der Waals surface area contributed by atoms with Gasteiger partial charge in [-0.2, -0.15) is 10.2 Å². The lowest BCUT2D eigenvalue weighted by molar-refractivity contribution is -0.121. The van der Waals surface area contributed by atoms with E-state index in [2.05, 4.69) is 31.9 Å². The maximum Gasteiger partial charge on any atom is 0.241 e. The van der Waals surface area contributed by atoms with Crippen molar-refractivity contribution in [1.29, 1.82) is 0 Å². The van der Waals surface area contributed by atoms with E-state index in [0.717, 1.165) is 40.8 Å². The highest BCUT2D eigenvalue weighted by Gasteiger charge is 2.16. The van der Waals surface area contributed by atoms with Crippen LogP contribution in [0.4, 0.5) is 0 Å². The number of rotatable bonds is 7. The molecule has 0 aromatic carbocycles. The van der Waals surface area contributed by atoms with Crippen molar-refractivity contribution in [3.8, 4) is 10.4 Å². The first kappa shape index (κ1) is 18.4. The lowest BCUT2D eigenvalue weighted by Gasteiger charge is -2.07. The molecule has 0 bridgehead atoms. The highest BCUT2D eigenvalue weighted by atomic mass is 32.1. The quantitative estimate of drug-likeness (QED) is 0.489. The van der Waals surface area contributed by atoms with Crippen LogP contribution in [0.25, 0.3) is 21.5 Å². The molecule has 0 spiro atoms. The smallest absolute Gasteiger partial charge is 0.241 e. The van der Waals surface area contributed by atoms with Gasteiger partial charge in [0, 0.05) is 35.9 Å². The van der Waals surface area contributed by atoms with Crippen LogP contribution in [0.2, 0.25) is 0 Å². The molecule has 7 nitrogen and oxygen atoms in total. The lowest BCUT2D eigenvalue weighted by Crippen LogP contribution is -2.29. The van der Waals surface area contributed by atoms with E-state index < -0.39 is 0 Å². The van der Waals surface area contributed by atoms with E-state index in [4.69, 9.17) is 0 Å². The molecule has 4 aromatic rings. The summed E-state index contributed by atoms with van der Waals surface area (Å²) in [5.74, 6) is -0.0654. The minimum Gasteiger partial charge on any atom is -0.354 e. The van der Waals surface area contributed by atoms with Crippen LogP contribution in [0.3, 0.4) is 0 Å². The van der Waals surface area contributed by atoms with Gasteiger partial charge in [-0.05, 0) is 43.3 Å². The minimum absolute atomic E-state index is 0.0654. The molecular weight excluding hydrogens is 372 g/mol. The van der Waals surface area contributed by atoms with Crippen LogP contribution in [0.5, 0.6) is 0 Å². The van der Waals surface area contributed by atoms with Crippen LogP contribution in [-0.2, 0) is 17.9 Å². The van der Waals surface area contributed by atoms with Gasteiger partial charge in [0.05, 0.1) is 17.3 Å². The molecule has 0 unspecified atom stereocenters. The van der Waals surface area contributed by atoms with E-state index in [-0.39, 0.29) is 12.5 Å². The molecule has 1 N–H and O–H groups in total. The van der Waals surface area contributed by atoms with Crippen molar-refractivity contribution in [2.75, 3.05) is 6.54 Å². The molecule has 0 saturated heterocycles. The average molecular weight is 395 g/mol. The maximum atomic E-state index is 12.4. The van der Waals surface area contributed by atoms with E-state index in [9.17, 15) is 4.79 Å². The summed E-state index contributed by atoms with van der Waals surface area (Å²) < 4.78 is 3.58. The molecule has 0 fully saturated rings. The molecule has 0 saturated carbocycles. The zero-order chi connectivity index (χ0) is 19.5. The second-order valence-corrected chi connectivity index (χ2v) is 7.71. The van der Waals surface area contributed by atoms with E-state index in [0.29, 0.717) is 6.54 Å². The van der Waals surface area contributed by atoms with Crippen molar-refractivity contribution < 1.29 is 4.79 Å². The number of amides is 1. The van der Waals surface area contributed by atoms with Gasteiger partial charge in [0.1, 0.15) is 6.54 Å². The summed E-state index contributed by atoms with van der Waals surface area (Å²) in [6.07, 6.45) is 6.43. The first-order valence-electron chi connectivity index (χ1n) is 9.23. The number of nitrogens with zero attached hydrogens (tertiary/aromatic N) is 5. The number of fused-ring (bicyclic) bond motifs is 1. The predicted octanol–water partition coefficient (Wildman–Crippen LogP) is 3.18. The average Bonchev–Trinajstić information content (AvgIpc) is 3.41. The summed E-state index contributed by atoms with van der Waals surface area (Å²) in [6.45, 7) is 5.51. The fraction of sp³-hybridized carbons (Fsp3) is 0.300. The molecule has 4 rings (SSSR count). The zero-order valence-corrected chi connectivity index (χ0v) is 16.7. The molecule has 0 aliphatic rings. The highest BCUT2D eigenvalue weighted by molar-refractivity contribution is 7.13. The standard InChI is InChI=1S/C20H22N6OS/c1-14-11-23-25(12-14)9-4-7-21-18(27)13-26-20-19(15(2)24-26)16(6-8-22-20)17-5-3-10-28-17/h3,5-6,8,10-12H,4,7,9,13H2,1-2H3,(H,21,27). The monoisotopic (exact) mass is 394 g/mol. The molecule has 144 valence electrons. The Morgan fingerprint density at radius 1 is 1.29 bits per heavy atom. The minimum atomic E-state index is -0.0654. The van der Waals surface area contributed by atoms with Crippen molar-refractivity contribution in [1.82, 2.24) is 29.9 Å². The number of carbonyl (C=O) groups is 1. The molecule has 0 radical (unpaired) electrons. The van der Waals surface area contributed by atoms with E-state index in [1.54, 1.807) is 22.2 Å². The fourth-order valence-electron chi connectivity index (χ4n) is 3.28. The summed E-state index contributed by atoms with van der Waals surface area (Å²) >= 11 is 1.68. The second-order valence-electron chi connectivity index (χ2n) is 6.76. The Labute approximate surface area is 167 Å². The van der Waals surface area contributed by atoms with Gasteiger partial charge in [-0.25, -0.2) is 9.67 Å². The topological polar surface area (TPSA) is 77.6 Å². The Morgan fingerprint density at radius 2 is 2.18 bits per heavy atom. The largest absolute Gasteiger partial charge is 0.354 e. The molecule has 28 heavy (non-hydrogen) atoms. The van der Waals surface area contributed by atoms with Gasteiger partial charge in [-0.15, -0.1) is 11.3 Å². The third-order valence-corrected chi connectivity index (χ3v) is 5.44. The highest BCUT2D eigenvalue weighted by Crippen LogP contribution is 2.32. The van der Waals surface area contributed by atoms with Crippen LogP contribution in [0.1, 0.15) is 17.7 Å². The Balaban J connectivity index is 1.42. The Morgan fingerprint density at radius 3 is 2.93 bits per heavy atom. The van der Waals surface area contributed by atoms with Crippen molar-refractivity contribution in [3.05, 3.63) is 53.4 Å². The van der Waals surface area contributed by atoms with Gasteiger partial charge in [0.2, 0.25) is 5.91 Å². The van der Waals surface area contributed by atoms with Crippen LogP contribution < -0.4 is 5.32 Å². The summed E-state index contributed by atoms with van der Waals surface area (Å²) in [7, 11) is 0. The molecular formula is C20H22N6OS. The second kappa shape index (κ2) is 7.93. The van der Waals surface area contributed by atoms with Crippen LogP contribution >= 0.6 is 11.3 Å². The molecule has 0 aliphatic carbocycles. The number of aryl methyl sites for hydroxylation is 3. The van der Waals surface area contributed by atoms with Crippen molar-refractivity contribution >= 4 is 28.3 Å².